The molecule has 0 radical (unpaired) electrons. The van der Waals surface area contributed by atoms with E-state index in [2.05, 4.69) is 34.6 Å². The van der Waals surface area contributed by atoms with Crippen molar-refractivity contribution in [3.63, 3.8) is 0 Å². The molecule has 0 aromatic rings. The van der Waals surface area contributed by atoms with Crippen LogP contribution >= 0.6 is 15.6 Å². The second-order valence-corrected chi connectivity index (χ2v) is 32.3. The smallest absolute Gasteiger partial charge is 0.462 e. The van der Waals surface area contributed by atoms with Gasteiger partial charge in [-0.25, -0.2) is 9.13 Å². The molecule has 0 saturated heterocycles. The normalized spacial score (nSPS) is 14.1. The lowest BCUT2D eigenvalue weighted by Gasteiger charge is -2.21. The van der Waals surface area contributed by atoms with Crippen LogP contribution in [-0.4, -0.2) is 96.7 Å². The number of esters is 4. The van der Waals surface area contributed by atoms with Crippen LogP contribution < -0.4 is 0 Å². The Kier molecular flexibility index (Phi) is 72.5. The van der Waals surface area contributed by atoms with E-state index < -0.39 is 97.5 Å². The van der Waals surface area contributed by atoms with Crippen LogP contribution in [0, 0.1) is 5.92 Å². The van der Waals surface area contributed by atoms with Crippen LogP contribution in [0.15, 0.2) is 0 Å². The van der Waals surface area contributed by atoms with Crippen LogP contribution in [0.5, 0.6) is 0 Å². The fourth-order valence-corrected chi connectivity index (χ4v) is 14.1. The third-order valence-electron chi connectivity index (χ3n) is 19.4. The Labute approximate surface area is 613 Å². The first-order valence-corrected chi connectivity index (χ1v) is 45.2. The van der Waals surface area contributed by atoms with Gasteiger partial charge in [0.2, 0.25) is 0 Å². The van der Waals surface area contributed by atoms with Crippen LogP contribution in [0.1, 0.15) is 433 Å². The maximum atomic E-state index is 13.1. The molecule has 0 bridgehead atoms. The zero-order valence-electron chi connectivity index (χ0n) is 65.3. The van der Waals surface area contributed by atoms with Crippen molar-refractivity contribution in [3.05, 3.63) is 0 Å². The summed E-state index contributed by atoms with van der Waals surface area (Å²) in [6, 6.07) is 0. The van der Waals surface area contributed by atoms with Crippen molar-refractivity contribution < 1.29 is 80.2 Å². The summed E-state index contributed by atoms with van der Waals surface area (Å²) in [5, 5.41) is 10.6. The Balaban J connectivity index is 5.16. The minimum atomic E-state index is -4.96. The van der Waals surface area contributed by atoms with E-state index in [4.69, 9.17) is 37.0 Å². The molecule has 100 heavy (non-hydrogen) atoms. The Morgan fingerprint density at radius 3 is 0.710 bits per heavy atom. The SMILES string of the molecule is CCCCCCCCCCCCCCCCCCCCCC(=O)OC[C@H](COP(=O)(O)OC[C@@H](O)COP(=O)(O)OC[C@@H](COC(=O)CCCCCCCCCC)OC(=O)CCCCCCCCCCCCC)OC(=O)CCCCCCCCCCCCCCCCCCCCC(C)CC. The van der Waals surface area contributed by atoms with Gasteiger partial charge in [0.15, 0.2) is 12.2 Å². The highest BCUT2D eigenvalue weighted by molar-refractivity contribution is 7.47. The molecule has 0 aliphatic carbocycles. The highest BCUT2D eigenvalue weighted by atomic mass is 31.2. The first kappa shape index (κ1) is 98.1. The van der Waals surface area contributed by atoms with Gasteiger partial charge in [-0.05, 0) is 31.6 Å². The molecule has 0 rings (SSSR count). The predicted octanol–water partition coefficient (Wildman–Crippen LogP) is 24.4. The molecule has 594 valence electrons. The summed E-state index contributed by atoms with van der Waals surface area (Å²) in [5.41, 5.74) is 0. The van der Waals surface area contributed by atoms with Crippen LogP contribution in [0.2, 0.25) is 0 Å². The monoisotopic (exact) mass is 1470 g/mol. The molecule has 0 heterocycles. The summed E-state index contributed by atoms with van der Waals surface area (Å²) >= 11 is 0. The second kappa shape index (κ2) is 73.9. The average molecular weight is 1470 g/mol. The highest BCUT2D eigenvalue weighted by Gasteiger charge is 2.30. The van der Waals surface area contributed by atoms with Gasteiger partial charge in [0.25, 0.3) is 0 Å². The molecule has 6 atom stereocenters. The van der Waals surface area contributed by atoms with Gasteiger partial charge in [0.05, 0.1) is 26.4 Å². The van der Waals surface area contributed by atoms with Crippen molar-refractivity contribution in [3.8, 4) is 0 Å². The molecule has 0 aromatic heterocycles. The van der Waals surface area contributed by atoms with E-state index in [-0.39, 0.29) is 25.7 Å². The number of hydrogen-bond acceptors (Lipinski definition) is 15. The van der Waals surface area contributed by atoms with Crippen LogP contribution in [-0.2, 0) is 65.4 Å². The molecule has 3 N–H and O–H groups in total. The number of phosphoric acid groups is 2. The summed E-state index contributed by atoms with van der Waals surface area (Å²) in [4.78, 5) is 72.8. The largest absolute Gasteiger partial charge is 0.472 e. The molecule has 0 aliphatic rings. The number of hydrogen-bond donors (Lipinski definition) is 3. The topological polar surface area (TPSA) is 237 Å². The summed E-state index contributed by atoms with van der Waals surface area (Å²) in [7, 11) is -9.91. The van der Waals surface area contributed by atoms with E-state index in [0.717, 1.165) is 102 Å². The van der Waals surface area contributed by atoms with Crippen LogP contribution in [0.4, 0.5) is 0 Å². The first-order valence-electron chi connectivity index (χ1n) is 42.2. The molecule has 0 aliphatic heterocycles. The summed E-state index contributed by atoms with van der Waals surface area (Å²) in [6.45, 7) is 7.36. The van der Waals surface area contributed by atoms with Crippen molar-refractivity contribution >= 4 is 39.5 Å². The van der Waals surface area contributed by atoms with E-state index in [1.54, 1.807) is 0 Å². The number of carbonyl (C=O) groups is 4. The maximum Gasteiger partial charge on any atom is 0.472 e. The van der Waals surface area contributed by atoms with Crippen molar-refractivity contribution in [1.29, 1.82) is 0 Å². The van der Waals surface area contributed by atoms with Gasteiger partial charge < -0.3 is 33.8 Å². The number of aliphatic hydroxyl groups is 1. The number of rotatable bonds is 81. The zero-order valence-corrected chi connectivity index (χ0v) is 67.1. The number of carbonyl (C=O) groups excluding carboxylic acids is 4. The molecular formula is C81H158O17P2. The minimum Gasteiger partial charge on any atom is -0.462 e. The van der Waals surface area contributed by atoms with Gasteiger partial charge in [-0.2, -0.15) is 0 Å². The Morgan fingerprint density at radius 1 is 0.280 bits per heavy atom. The molecule has 0 aromatic carbocycles. The fraction of sp³-hybridized carbons (Fsp3) is 0.951. The lowest BCUT2D eigenvalue weighted by Crippen LogP contribution is -2.30. The van der Waals surface area contributed by atoms with Crippen molar-refractivity contribution in [2.45, 2.75) is 451 Å². The molecule has 17 nitrogen and oxygen atoms in total. The fourth-order valence-electron chi connectivity index (χ4n) is 12.6. The standard InChI is InChI=1S/C81H158O17P2/c1-6-10-13-16-19-22-24-25-26-27-28-32-35-38-42-45-50-55-60-65-79(84)92-71-77(98-81(86)67-62-57-52-47-43-39-36-33-30-29-31-34-37-41-44-48-53-58-63-74(5)9-4)73-96-100(89,90)94-69-75(82)68-93-99(87,88)95-72-76(70-91-78(83)64-59-54-49-21-18-15-12-8-3)97-80(85)66-61-56-51-46-40-23-20-17-14-11-7-2/h74-77,82H,6-73H2,1-5H3,(H,87,88)(H,89,90)/t74?,75-,76+,77+/m0/s1. The van der Waals surface area contributed by atoms with Gasteiger partial charge >= 0.3 is 39.5 Å². The molecule has 0 amide bonds. The van der Waals surface area contributed by atoms with Crippen molar-refractivity contribution in [1.82, 2.24) is 0 Å². The number of phosphoric ester groups is 2. The van der Waals surface area contributed by atoms with Gasteiger partial charge in [-0.15, -0.1) is 0 Å². The van der Waals surface area contributed by atoms with Crippen LogP contribution in [0.3, 0.4) is 0 Å². The minimum absolute atomic E-state index is 0.107. The van der Waals surface area contributed by atoms with E-state index in [0.29, 0.717) is 25.7 Å². The zero-order chi connectivity index (χ0) is 73.4. The lowest BCUT2D eigenvalue weighted by atomic mass is 9.99. The van der Waals surface area contributed by atoms with E-state index >= 15 is 0 Å². The van der Waals surface area contributed by atoms with Gasteiger partial charge in [-0.3, -0.25) is 37.3 Å². The molecule has 19 heteroatoms. The van der Waals surface area contributed by atoms with Gasteiger partial charge in [0.1, 0.15) is 19.3 Å². The Hall–Kier alpha value is -1.94. The average Bonchev–Trinajstić information content (AvgIpc) is 0.923. The summed E-state index contributed by atoms with van der Waals surface area (Å²) in [5.74, 6) is -1.24. The van der Waals surface area contributed by atoms with Gasteiger partial charge in [0, 0.05) is 25.7 Å². The molecule has 0 saturated carbocycles. The van der Waals surface area contributed by atoms with E-state index in [9.17, 15) is 43.2 Å². The Bertz CT molecular complexity index is 1910. The third-order valence-corrected chi connectivity index (χ3v) is 21.3. The quantitative estimate of drug-likeness (QED) is 0.0222. The third kappa shape index (κ3) is 73.0. The van der Waals surface area contributed by atoms with Crippen molar-refractivity contribution in [2.75, 3.05) is 39.6 Å². The van der Waals surface area contributed by atoms with Gasteiger partial charge in [-0.1, -0.05) is 381 Å². The number of ether oxygens (including phenoxy) is 4. The molecule has 3 unspecified atom stereocenters. The molecular weight excluding hydrogens is 1310 g/mol. The van der Waals surface area contributed by atoms with E-state index in [1.807, 2.05) is 0 Å². The summed E-state index contributed by atoms with van der Waals surface area (Å²) < 4.78 is 68.6. The second-order valence-electron chi connectivity index (χ2n) is 29.4. The summed E-state index contributed by atoms with van der Waals surface area (Å²) in [6.07, 6.45) is 65.4. The van der Waals surface area contributed by atoms with Crippen molar-refractivity contribution in [2.24, 2.45) is 5.92 Å². The predicted molar refractivity (Wildman–Crippen MR) is 409 cm³/mol. The first-order chi connectivity index (χ1) is 48.6. The lowest BCUT2D eigenvalue weighted by molar-refractivity contribution is -0.161. The Morgan fingerprint density at radius 2 is 0.480 bits per heavy atom. The molecule has 0 spiro atoms. The van der Waals surface area contributed by atoms with E-state index in [1.165, 1.54) is 250 Å². The number of aliphatic hydroxyl groups excluding tert-OH is 1. The highest BCUT2D eigenvalue weighted by Crippen LogP contribution is 2.45. The maximum absolute atomic E-state index is 13.1. The number of unbranched alkanes of at least 4 members (excludes halogenated alkanes) is 52. The molecule has 0 fully saturated rings. The van der Waals surface area contributed by atoms with Crippen LogP contribution in [0.25, 0.3) is 0 Å².